The van der Waals surface area contributed by atoms with E-state index in [0.29, 0.717) is 6.42 Å². The third kappa shape index (κ3) is 7.50. The number of hydrogen-bond donors (Lipinski definition) is 0. The van der Waals surface area contributed by atoms with Crippen LogP contribution < -0.4 is 0 Å². The molecule has 0 aliphatic heterocycles. The zero-order valence-electron chi connectivity index (χ0n) is 8.05. The minimum absolute atomic E-state index is 0.341. The summed E-state index contributed by atoms with van der Waals surface area (Å²) in [5.41, 5.74) is -0.466. The van der Waals surface area contributed by atoms with Crippen LogP contribution in [0.25, 0.3) is 0 Å². The topological polar surface area (TPSA) is 44.8 Å². The first-order valence-corrected chi connectivity index (χ1v) is 4.01. The molecule has 0 aromatic carbocycles. The Morgan fingerprint density at radius 3 is 2.33 bits per heavy atom. The fraction of sp³-hybridized carbons (Fsp3) is 0.875. The first kappa shape index (κ1) is 11.4. The van der Waals surface area contributed by atoms with Gasteiger partial charge in [0, 0.05) is 6.42 Å². The Morgan fingerprint density at radius 2 is 1.92 bits per heavy atom. The van der Waals surface area contributed by atoms with Crippen molar-refractivity contribution in [3.8, 4) is 0 Å². The van der Waals surface area contributed by atoms with E-state index in [1.807, 2.05) is 6.92 Å². The van der Waals surface area contributed by atoms with Gasteiger partial charge in [0.15, 0.2) is 0 Å². The summed E-state index contributed by atoms with van der Waals surface area (Å²) in [6, 6.07) is 0. The summed E-state index contributed by atoms with van der Waals surface area (Å²) in [5.74, 6) is -0.415. The maximum Gasteiger partial charge on any atom is 0.345 e. The highest BCUT2D eigenvalue weighted by molar-refractivity contribution is 5.68. The first-order valence-electron chi connectivity index (χ1n) is 4.01. The highest BCUT2D eigenvalue weighted by atomic mass is 17.5. The molecule has 0 heterocycles. The van der Waals surface area contributed by atoms with Crippen LogP contribution >= 0.6 is 0 Å². The minimum Gasteiger partial charge on any atom is -0.269 e. The van der Waals surface area contributed by atoms with Crippen LogP contribution in [0, 0.1) is 0 Å². The second-order valence-corrected chi connectivity index (χ2v) is 3.47. The van der Waals surface area contributed by atoms with Gasteiger partial charge in [0.2, 0.25) is 0 Å². The van der Waals surface area contributed by atoms with Crippen LogP contribution in [-0.4, -0.2) is 11.6 Å². The smallest absolute Gasteiger partial charge is 0.269 e. The molecule has 4 nitrogen and oxygen atoms in total. The van der Waals surface area contributed by atoms with Crippen molar-refractivity contribution in [2.24, 2.45) is 0 Å². The normalized spacial score (nSPS) is 11.3. The molecule has 0 aromatic rings. The van der Waals surface area contributed by atoms with Crippen LogP contribution in [0.2, 0.25) is 0 Å². The molecule has 0 radical (unpaired) electrons. The van der Waals surface area contributed by atoms with Gasteiger partial charge in [-0.3, -0.25) is 4.89 Å². The molecule has 0 N–H and O–H groups in total. The van der Waals surface area contributed by atoms with Gasteiger partial charge in [0.1, 0.15) is 0 Å². The summed E-state index contributed by atoms with van der Waals surface area (Å²) < 4.78 is 0. The molecule has 0 aromatic heterocycles. The van der Waals surface area contributed by atoms with Gasteiger partial charge in [-0.05, 0) is 32.2 Å². The van der Waals surface area contributed by atoms with E-state index in [1.54, 1.807) is 20.8 Å². The third-order valence-corrected chi connectivity index (χ3v) is 0.865. The fourth-order valence-electron chi connectivity index (χ4n) is 0.403. The summed E-state index contributed by atoms with van der Waals surface area (Å²) in [5, 5.41) is 4.26. The van der Waals surface area contributed by atoms with Crippen molar-refractivity contribution in [3.05, 3.63) is 0 Å². The van der Waals surface area contributed by atoms with E-state index in [0.717, 1.165) is 6.42 Å². The molecule has 0 unspecified atom stereocenters. The highest BCUT2D eigenvalue weighted by Gasteiger charge is 2.13. The number of rotatable bonds is 4. The summed E-state index contributed by atoms with van der Waals surface area (Å²) in [4.78, 5) is 19.7. The summed E-state index contributed by atoms with van der Waals surface area (Å²) in [6.07, 6.45) is 1.07. The van der Waals surface area contributed by atoms with Gasteiger partial charge < -0.3 is 0 Å². The average Bonchev–Trinajstić information content (AvgIpc) is 1.84. The van der Waals surface area contributed by atoms with Crippen molar-refractivity contribution in [3.63, 3.8) is 0 Å². The molecule has 72 valence electrons. The van der Waals surface area contributed by atoms with Crippen molar-refractivity contribution < 1.29 is 19.6 Å². The van der Waals surface area contributed by atoms with Crippen LogP contribution in [0.15, 0.2) is 0 Å². The van der Waals surface area contributed by atoms with E-state index in [2.05, 4.69) is 9.93 Å². The van der Waals surface area contributed by atoms with Gasteiger partial charge in [-0.2, -0.15) is 4.89 Å². The van der Waals surface area contributed by atoms with Crippen LogP contribution in [0.1, 0.15) is 40.5 Å². The SMILES string of the molecule is CCCC(=O)OOOC(C)(C)C. The van der Waals surface area contributed by atoms with E-state index >= 15 is 0 Å². The number of hydrogen-bond acceptors (Lipinski definition) is 4. The standard InChI is InChI=1S/C8H16O4/c1-5-6-7(9)10-12-11-8(2,3)4/h5-6H2,1-4H3. The summed E-state index contributed by atoms with van der Waals surface area (Å²) >= 11 is 0. The zero-order chi connectivity index (χ0) is 9.61. The molecular weight excluding hydrogens is 160 g/mol. The second kappa shape index (κ2) is 5.11. The Morgan fingerprint density at radius 1 is 1.33 bits per heavy atom. The second-order valence-electron chi connectivity index (χ2n) is 3.47. The van der Waals surface area contributed by atoms with Crippen molar-refractivity contribution in [2.45, 2.75) is 46.1 Å². The van der Waals surface area contributed by atoms with Gasteiger partial charge in [0.25, 0.3) is 0 Å². The minimum atomic E-state index is -0.466. The van der Waals surface area contributed by atoms with E-state index in [1.165, 1.54) is 0 Å². The fourth-order valence-corrected chi connectivity index (χ4v) is 0.403. The highest BCUT2D eigenvalue weighted by Crippen LogP contribution is 2.07. The van der Waals surface area contributed by atoms with Crippen molar-refractivity contribution in [1.82, 2.24) is 0 Å². The predicted molar refractivity (Wildman–Crippen MR) is 42.9 cm³/mol. The lowest BCUT2D eigenvalue weighted by molar-refractivity contribution is -0.514. The van der Waals surface area contributed by atoms with E-state index < -0.39 is 11.6 Å². The van der Waals surface area contributed by atoms with Gasteiger partial charge in [-0.15, -0.1) is 0 Å². The molecule has 0 atom stereocenters. The van der Waals surface area contributed by atoms with E-state index in [-0.39, 0.29) is 0 Å². The Labute approximate surface area is 72.7 Å². The predicted octanol–water partition coefficient (Wildman–Crippen LogP) is 1.99. The maximum absolute atomic E-state index is 10.7. The van der Waals surface area contributed by atoms with Gasteiger partial charge >= 0.3 is 5.97 Å². The molecule has 0 rings (SSSR count). The van der Waals surface area contributed by atoms with Crippen LogP contribution in [0.5, 0.6) is 0 Å². The summed E-state index contributed by atoms with van der Waals surface area (Å²) in [6.45, 7) is 7.26. The molecule has 0 amide bonds. The largest absolute Gasteiger partial charge is 0.345 e. The van der Waals surface area contributed by atoms with Gasteiger partial charge in [0.05, 0.1) is 5.60 Å². The molecule has 4 heteroatoms. The van der Waals surface area contributed by atoms with Crippen molar-refractivity contribution in [2.75, 3.05) is 0 Å². The van der Waals surface area contributed by atoms with E-state index in [9.17, 15) is 4.79 Å². The van der Waals surface area contributed by atoms with Crippen LogP contribution in [-0.2, 0) is 19.6 Å². The monoisotopic (exact) mass is 176 g/mol. The molecule has 0 aliphatic carbocycles. The van der Waals surface area contributed by atoms with Crippen molar-refractivity contribution >= 4 is 5.97 Å². The maximum atomic E-state index is 10.7. The lowest BCUT2D eigenvalue weighted by Crippen LogP contribution is -2.20. The third-order valence-electron chi connectivity index (χ3n) is 0.865. The molecule has 0 fully saturated rings. The molecule has 0 aliphatic rings. The Bertz CT molecular complexity index is 136. The lowest BCUT2D eigenvalue weighted by atomic mass is 10.2. The number of carbonyl (C=O) groups excluding carboxylic acids is 1. The molecule has 0 saturated carbocycles. The molecule has 0 bridgehead atoms. The molecule has 0 saturated heterocycles. The first-order chi connectivity index (χ1) is 5.45. The lowest BCUT2D eigenvalue weighted by Gasteiger charge is -2.15. The zero-order valence-corrected chi connectivity index (χ0v) is 8.05. The summed E-state index contributed by atoms with van der Waals surface area (Å²) in [7, 11) is 0. The Balaban J connectivity index is 3.37. The Hall–Kier alpha value is -0.610. The molecule has 0 spiro atoms. The number of carbonyl (C=O) groups is 1. The average molecular weight is 176 g/mol. The van der Waals surface area contributed by atoms with Gasteiger partial charge in [-0.1, -0.05) is 6.92 Å². The quantitative estimate of drug-likeness (QED) is 0.485. The van der Waals surface area contributed by atoms with Crippen molar-refractivity contribution in [1.29, 1.82) is 0 Å². The van der Waals surface area contributed by atoms with Crippen LogP contribution in [0.4, 0.5) is 0 Å². The van der Waals surface area contributed by atoms with Crippen LogP contribution in [0.3, 0.4) is 0 Å². The van der Waals surface area contributed by atoms with E-state index in [4.69, 9.17) is 4.89 Å². The molecular formula is C8H16O4. The van der Waals surface area contributed by atoms with Gasteiger partial charge in [-0.25, -0.2) is 4.79 Å². The Kier molecular flexibility index (Phi) is 4.85. The molecule has 12 heavy (non-hydrogen) atoms.